The van der Waals surface area contributed by atoms with Gasteiger partial charge >= 0.3 is 0 Å². The smallest absolute Gasteiger partial charge is 0.251 e. The van der Waals surface area contributed by atoms with Gasteiger partial charge in [0.15, 0.2) is 11.5 Å². The molecule has 0 radical (unpaired) electrons. The number of ether oxygens (including phenoxy) is 2. The number of benzene rings is 2. The summed E-state index contributed by atoms with van der Waals surface area (Å²) in [5, 5.41) is 3.01. The molecule has 168 valence electrons. The molecule has 1 amide bonds. The second-order valence-corrected chi connectivity index (χ2v) is 7.84. The van der Waals surface area contributed by atoms with Gasteiger partial charge < -0.3 is 24.6 Å². The fourth-order valence-corrected chi connectivity index (χ4v) is 3.73. The van der Waals surface area contributed by atoms with Gasteiger partial charge in [0.05, 0.1) is 13.2 Å². The maximum atomic E-state index is 12.5. The molecular formula is C25H35N3O3. The monoisotopic (exact) mass is 425 g/mol. The van der Waals surface area contributed by atoms with E-state index in [-0.39, 0.29) is 5.91 Å². The van der Waals surface area contributed by atoms with Crippen LogP contribution in [0.1, 0.15) is 36.2 Å². The highest BCUT2D eigenvalue weighted by Crippen LogP contribution is 2.28. The van der Waals surface area contributed by atoms with E-state index in [0.29, 0.717) is 36.8 Å². The van der Waals surface area contributed by atoms with Gasteiger partial charge in [0.2, 0.25) is 0 Å². The van der Waals surface area contributed by atoms with Crippen molar-refractivity contribution in [2.45, 2.75) is 26.7 Å². The number of aryl methyl sites for hydroxylation is 1. The Hall–Kier alpha value is -2.73. The first kappa shape index (κ1) is 22.9. The standard InChI is InChI=1S/C25H35N3O3/c1-4-30-23-13-10-21(19-24(23)31-5-2)25(29)26-14-6-7-20-8-11-22(12-9-20)28-17-15-27(3)16-18-28/h8-13,19H,4-7,14-18H2,1-3H3,(H,26,29). The summed E-state index contributed by atoms with van der Waals surface area (Å²) in [5.41, 5.74) is 3.18. The molecular weight excluding hydrogens is 390 g/mol. The minimum Gasteiger partial charge on any atom is -0.490 e. The van der Waals surface area contributed by atoms with E-state index in [2.05, 4.69) is 46.4 Å². The van der Waals surface area contributed by atoms with Crippen molar-refractivity contribution >= 4 is 11.6 Å². The van der Waals surface area contributed by atoms with Crippen molar-refractivity contribution in [1.29, 1.82) is 0 Å². The number of amides is 1. The first-order valence-electron chi connectivity index (χ1n) is 11.3. The van der Waals surface area contributed by atoms with Crippen molar-refractivity contribution in [3.63, 3.8) is 0 Å². The van der Waals surface area contributed by atoms with Crippen LogP contribution in [-0.2, 0) is 6.42 Å². The highest BCUT2D eigenvalue weighted by molar-refractivity contribution is 5.94. The highest BCUT2D eigenvalue weighted by Gasteiger charge is 2.14. The molecule has 1 saturated heterocycles. The van der Waals surface area contributed by atoms with Gasteiger partial charge in [-0.25, -0.2) is 0 Å². The molecule has 2 aromatic rings. The summed E-state index contributed by atoms with van der Waals surface area (Å²) < 4.78 is 11.2. The Morgan fingerprint density at radius 3 is 2.29 bits per heavy atom. The molecule has 6 heteroatoms. The zero-order chi connectivity index (χ0) is 22.1. The molecule has 6 nitrogen and oxygen atoms in total. The average molecular weight is 426 g/mol. The van der Waals surface area contributed by atoms with Crippen LogP contribution in [0.5, 0.6) is 11.5 Å². The number of anilines is 1. The van der Waals surface area contributed by atoms with Gasteiger partial charge in [0, 0.05) is 44.0 Å². The van der Waals surface area contributed by atoms with Crippen LogP contribution in [0.25, 0.3) is 0 Å². The first-order valence-corrected chi connectivity index (χ1v) is 11.3. The Kier molecular flexibility index (Phi) is 8.59. The van der Waals surface area contributed by atoms with Crippen LogP contribution in [-0.4, -0.2) is 63.8 Å². The Bertz CT molecular complexity index is 830. The summed E-state index contributed by atoms with van der Waals surface area (Å²) in [5.74, 6) is 1.19. The van der Waals surface area contributed by atoms with Crippen LogP contribution in [0, 0.1) is 0 Å². The summed E-state index contributed by atoms with van der Waals surface area (Å²) in [6, 6.07) is 14.2. The number of nitrogens with zero attached hydrogens (tertiary/aromatic N) is 2. The van der Waals surface area contributed by atoms with E-state index in [9.17, 15) is 4.79 Å². The minimum atomic E-state index is -0.0885. The van der Waals surface area contributed by atoms with Gasteiger partial charge in [0.25, 0.3) is 5.91 Å². The van der Waals surface area contributed by atoms with Crippen LogP contribution in [0.2, 0.25) is 0 Å². The molecule has 1 aliphatic heterocycles. The normalized spacial score (nSPS) is 14.4. The summed E-state index contributed by atoms with van der Waals surface area (Å²) in [4.78, 5) is 17.3. The third-order valence-corrected chi connectivity index (χ3v) is 5.54. The van der Waals surface area contributed by atoms with Gasteiger partial charge in [-0.1, -0.05) is 12.1 Å². The number of hydrogen-bond acceptors (Lipinski definition) is 5. The van der Waals surface area contributed by atoms with Crippen LogP contribution >= 0.6 is 0 Å². The lowest BCUT2D eigenvalue weighted by Crippen LogP contribution is -2.44. The molecule has 1 N–H and O–H groups in total. The first-order chi connectivity index (χ1) is 15.1. The summed E-state index contributed by atoms with van der Waals surface area (Å²) in [7, 11) is 2.17. The predicted molar refractivity (Wildman–Crippen MR) is 126 cm³/mol. The maximum Gasteiger partial charge on any atom is 0.251 e. The second-order valence-electron chi connectivity index (χ2n) is 7.84. The molecule has 0 bridgehead atoms. The van der Waals surface area contributed by atoms with Crippen LogP contribution in [0.4, 0.5) is 5.69 Å². The van der Waals surface area contributed by atoms with Gasteiger partial charge in [-0.05, 0) is 69.6 Å². The molecule has 0 saturated carbocycles. The highest BCUT2D eigenvalue weighted by atomic mass is 16.5. The lowest BCUT2D eigenvalue weighted by Gasteiger charge is -2.34. The zero-order valence-electron chi connectivity index (χ0n) is 19.0. The van der Waals surface area contributed by atoms with Gasteiger partial charge in [-0.15, -0.1) is 0 Å². The van der Waals surface area contributed by atoms with E-state index in [1.54, 1.807) is 18.2 Å². The molecule has 31 heavy (non-hydrogen) atoms. The van der Waals surface area contributed by atoms with Crippen molar-refractivity contribution in [2.24, 2.45) is 0 Å². The predicted octanol–water partition coefficient (Wildman–Crippen LogP) is 3.60. The van der Waals surface area contributed by atoms with E-state index in [1.165, 1.54) is 11.3 Å². The largest absolute Gasteiger partial charge is 0.490 e. The minimum absolute atomic E-state index is 0.0885. The number of nitrogens with one attached hydrogen (secondary N) is 1. The molecule has 0 unspecified atom stereocenters. The van der Waals surface area contributed by atoms with Crippen molar-refractivity contribution in [1.82, 2.24) is 10.2 Å². The third-order valence-electron chi connectivity index (χ3n) is 5.54. The fourth-order valence-electron chi connectivity index (χ4n) is 3.73. The lowest BCUT2D eigenvalue weighted by molar-refractivity contribution is 0.0952. The van der Waals surface area contributed by atoms with Crippen LogP contribution in [0.15, 0.2) is 42.5 Å². The SMILES string of the molecule is CCOc1ccc(C(=O)NCCCc2ccc(N3CCN(C)CC3)cc2)cc1OCC. The Labute approximate surface area is 186 Å². The Morgan fingerprint density at radius 1 is 0.935 bits per heavy atom. The number of likely N-dealkylation sites (N-methyl/N-ethyl adjacent to an activating group) is 1. The van der Waals surface area contributed by atoms with Gasteiger partial charge in [-0.2, -0.15) is 0 Å². The maximum absolute atomic E-state index is 12.5. The molecule has 0 aliphatic carbocycles. The molecule has 2 aromatic carbocycles. The van der Waals surface area contributed by atoms with E-state index >= 15 is 0 Å². The Balaban J connectivity index is 1.45. The van der Waals surface area contributed by atoms with E-state index in [0.717, 1.165) is 39.0 Å². The number of carbonyl (C=O) groups is 1. The van der Waals surface area contributed by atoms with Gasteiger partial charge in [-0.3, -0.25) is 4.79 Å². The molecule has 1 aliphatic rings. The third kappa shape index (κ3) is 6.62. The summed E-state index contributed by atoms with van der Waals surface area (Å²) in [6.07, 6.45) is 1.84. The van der Waals surface area contributed by atoms with Crippen molar-refractivity contribution in [3.8, 4) is 11.5 Å². The van der Waals surface area contributed by atoms with Crippen molar-refractivity contribution < 1.29 is 14.3 Å². The van der Waals surface area contributed by atoms with E-state index in [1.807, 2.05) is 13.8 Å². The molecule has 1 heterocycles. The fraction of sp³-hybridized carbons (Fsp3) is 0.480. The zero-order valence-corrected chi connectivity index (χ0v) is 19.0. The number of rotatable bonds is 10. The quantitative estimate of drug-likeness (QED) is 0.590. The lowest BCUT2D eigenvalue weighted by atomic mass is 10.1. The summed E-state index contributed by atoms with van der Waals surface area (Å²) in [6.45, 7) is 9.95. The average Bonchev–Trinajstić information content (AvgIpc) is 2.79. The number of piperazine rings is 1. The molecule has 0 spiro atoms. The van der Waals surface area contributed by atoms with Crippen molar-refractivity contribution in [2.75, 3.05) is 57.9 Å². The second kappa shape index (κ2) is 11.6. The Morgan fingerprint density at radius 2 is 1.61 bits per heavy atom. The number of carbonyl (C=O) groups excluding carboxylic acids is 1. The molecule has 0 aromatic heterocycles. The van der Waals surface area contributed by atoms with Gasteiger partial charge in [0.1, 0.15) is 0 Å². The summed E-state index contributed by atoms with van der Waals surface area (Å²) >= 11 is 0. The van der Waals surface area contributed by atoms with Crippen LogP contribution in [0.3, 0.4) is 0 Å². The topological polar surface area (TPSA) is 54.0 Å². The van der Waals surface area contributed by atoms with E-state index in [4.69, 9.17) is 9.47 Å². The number of hydrogen-bond donors (Lipinski definition) is 1. The molecule has 1 fully saturated rings. The van der Waals surface area contributed by atoms with Crippen molar-refractivity contribution in [3.05, 3.63) is 53.6 Å². The molecule has 3 rings (SSSR count). The van der Waals surface area contributed by atoms with E-state index < -0.39 is 0 Å². The molecule has 0 atom stereocenters. The van der Waals surface area contributed by atoms with Crippen LogP contribution < -0.4 is 19.7 Å².